The molecule has 1 aromatic rings. The van der Waals surface area contributed by atoms with E-state index in [2.05, 4.69) is 5.32 Å². The van der Waals surface area contributed by atoms with Crippen LogP contribution in [0.4, 0.5) is 5.69 Å². The molecule has 0 aliphatic carbocycles. The Morgan fingerprint density at radius 2 is 2.21 bits per heavy atom. The molecule has 3 N–H and O–H groups in total. The lowest BCUT2D eigenvalue weighted by atomic mass is 10.1. The van der Waals surface area contributed by atoms with E-state index >= 15 is 0 Å². The average Bonchev–Trinajstić information content (AvgIpc) is 2.80. The molecule has 1 atom stereocenters. The van der Waals surface area contributed by atoms with Crippen molar-refractivity contribution in [2.24, 2.45) is 11.1 Å². The summed E-state index contributed by atoms with van der Waals surface area (Å²) in [5, 5.41) is 7.63. The normalized spacial score (nSPS) is 19.4. The zero-order valence-electron chi connectivity index (χ0n) is 9.93. The highest BCUT2D eigenvalue weighted by atomic mass is 35.5. The Morgan fingerprint density at radius 1 is 1.47 bits per heavy atom. The van der Waals surface area contributed by atoms with E-state index in [1.165, 1.54) is 18.2 Å². The number of ether oxygens (including phenoxy) is 1. The summed E-state index contributed by atoms with van der Waals surface area (Å²) in [5.41, 5.74) is 0.425. The van der Waals surface area contributed by atoms with Gasteiger partial charge in [-0.2, -0.15) is 0 Å². The maximum absolute atomic E-state index is 11.8. The second-order valence-corrected chi connectivity index (χ2v) is 6.18. The number of nitrogens with one attached hydrogen (secondary N) is 1. The van der Waals surface area contributed by atoms with Gasteiger partial charge in [-0.15, -0.1) is 0 Å². The van der Waals surface area contributed by atoms with Crippen molar-refractivity contribution in [1.29, 1.82) is 0 Å². The fourth-order valence-corrected chi connectivity index (χ4v) is 2.89. The van der Waals surface area contributed by atoms with Gasteiger partial charge in [-0.25, -0.2) is 13.6 Å². The van der Waals surface area contributed by atoms with Crippen molar-refractivity contribution >= 4 is 33.2 Å². The standard InChI is InChI=1S/C11H13ClN2O4S/c12-9-5-8(1-2-10(9)19(13,16)17)14-11(15)7-3-4-18-6-7/h1-2,5,7H,3-4,6H2,(H,14,15)(H2,13,16,17). The molecular formula is C11H13ClN2O4S. The number of halogens is 1. The third-order valence-corrected chi connectivity index (χ3v) is 4.20. The molecule has 1 aliphatic heterocycles. The SMILES string of the molecule is NS(=O)(=O)c1ccc(NC(=O)C2CCOC2)cc1Cl. The van der Waals surface area contributed by atoms with E-state index in [-0.39, 0.29) is 21.7 Å². The maximum atomic E-state index is 11.8. The van der Waals surface area contributed by atoms with Gasteiger partial charge in [-0.3, -0.25) is 4.79 Å². The summed E-state index contributed by atoms with van der Waals surface area (Å²) in [7, 11) is -3.86. The Morgan fingerprint density at radius 3 is 2.74 bits per heavy atom. The average molecular weight is 305 g/mol. The van der Waals surface area contributed by atoms with Crippen molar-refractivity contribution in [2.75, 3.05) is 18.5 Å². The molecule has 0 radical (unpaired) electrons. The molecule has 19 heavy (non-hydrogen) atoms. The topological polar surface area (TPSA) is 98.5 Å². The first-order valence-electron chi connectivity index (χ1n) is 5.59. The third-order valence-electron chi connectivity index (χ3n) is 2.81. The monoisotopic (exact) mass is 304 g/mol. The fraction of sp³-hybridized carbons (Fsp3) is 0.364. The van der Waals surface area contributed by atoms with Gasteiger partial charge in [-0.05, 0) is 24.6 Å². The first-order valence-corrected chi connectivity index (χ1v) is 7.51. The maximum Gasteiger partial charge on any atom is 0.239 e. The lowest BCUT2D eigenvalue weighted by Crippen LogP contribution is -2.23. The lowest BCUT2D eigenvalue weighted by molar-refractivity contribution is -0.119. The zero-order chi connectivity index (χ0) is 14.0. The molecule has 104 valence electrons. The molecule has 1 unspecified atom stereocenters. The van der Waals surface area contributed by atoms with Crippen LogP contribution in [-0.4, -0.2) is 27.5 Å². The molecule has 2 rings (SSSR count). The summed E-state index contributed by atoms with van der Waals surface area (Å²) in [6.07, 6.45) is 0.675. The van der Waals surface area contributed by atoms with Crippen LogP contribution >= 0.6 is 11.6 Å². The fourth-order valence-electron chi connectivity index (χ4n) is 1.79. The van der Waals surface area contributed by atoms with Gasteiger partial charge in [0, 0.05) is 12.3 Å². The summed E-state index contributed by atoms with van der Waals surface area (Å²) < 4.78 is 27.5. The Balaban J connectivity index is 2.14. The number of benzene rings is 1. The highest BCUT2D eigenvalue weighted by Gasteiger charge is 2.23. The first-order chi connectivity index (χ1) is 8.88. The van der Waals surface area contributed by atoms with Gasteiger partial charge in [-0.1, -0.05) is 11.6 Å². The van der Waals surface area contributed by atoms with Gasteiger partial charge in [0.15, 0.2) is 0 Å². The molecule has 0 bridgehead atoms. The summed E-state index contributed by atoms with van der Waals surface area (Å²) in [4.78, 5) is 11.7. The van der Waals surface area contributed by atoms with Gasteiger partial charge in [0.05, 0.1) is 17.5 Å². The summed E-state index contributed by atoms with van der Waals surface area (Å²) in [5.74, 6) is -0.353. The molecule has 1 saturated heterocycles. The minimum atomic E-state index is -3.86. The van der Waals surface area contributed by atoms with E-state index in [9.17, 15) is 13.2 Å². The van der Waals surface area contributed by atoms with Crippen LogP contribution in [0.25, 0.3) is 0 Å². The molecule has 0 aromatic heterocycles. The second kappa shape index (κ2) is 5.46. The van der Waals surface area contributed by atoms with Crippen LogP contribution in [0.3, 0.4) is 0 Å². The third kappa shape index (κ3) is 3.44. The highest BCUT2D eigenvalue weighted by Crippen LogP contribution is 2.25. The van der Waals surface area contributed by atoms with Crippen LogP contribution in [0, 0.1) is 5.92 Å². The van der Waals surface area contributed by atoms with E-state index in [0.29, 0.717) is 25.3 Å². The van der Waals surface area contributed by atoms with E-state index in [1.54, 1.807) is 0 Å². The Hall–Kier alpha value is -1.15. The van der Waals surface area contributed by atoms with Crippen LogP contribution in [0.15, 0.2) is 23.1 Å². The van der Waals surface area contributed by atoms with Gasteiger partial charge in [0.25, 0.3) is 0 Å². The van der Waals surface area contributed by atoms with Gasteiger partial charge in [0.2, 0.25) is 15.9 Å². The van der Waals surface area contributed by atoms with Crippen LogP contribution in [-0.2, 0) is 19.6 Å². The molecule has 1 amide bonds. The quantitative estimate of drug-likeness (QED) is 0.869. The van der Waals surface area contributed by atoms with Gasteiger partial charge >= 0.3 is 0 Å². The number of hydrogen-bond acceptors (Lipinski definition) is 4. The number of amides is 1. The number of hydrogen-bond donors (Lipinski definition) is 2. The van der Waals surface area contributed by atoms with E-state index in [0.717, 1.165) is 0 Å². The number of nitrogens with two attached hydrogens (primary N) is 1. The molecule has 1 aromatic carbocycles. The van der Waals surface area contributed by atoms with E-state index < -0.39 is 10.0 Å². The highest BCUT2D eigenvalue weighted by molar-refractivity contribution is 7.89. The molecule has 1 fully saturated rings. The Labute approximate surface area is 115 Å². The van der Waals surface area contributed by atoms with E-state index in [1.807, 2.05) is 0 Å². The Bertz CT molecular complexity index is 597. The number of sulfonamides is 1. The van der Waals surface area contributed by atoms with Crippen LogP contribution < -0.4 is 10.5 Å². The van der Waals surface area contributed by atoms with Crippen molar-refractivity contribution in [1.82, 2.24) is 0 Å². The molecule has 1 heterocycles. The molecule has 8 heteroatoms. The van der Waals surface area contributed by atoms with Gasteiger partial charge in [0.1, 0.15) is 4.90 Å². The minimum absolute atomic E-state index is 0.0250. The van der Waals surface area contributed by atoms with E-state index in [4.69, 9.17) is 21.5 Å². The van der Waals surface area contributed by atoms with Crippen molar-refractivity contribution in [3.63, 3.8) is 0 Å². The molecule has 0 saturated carbocycles. The number of carbonyl (C=O) groups excluding carboxylic acids is 1. The zero-order valence-corrected chi connectivity index (χ0v) is 11.5. The van der Waals surface area contributed by atoms with Crippen molar-refractivity contribution in [2.45, 2.75) is 11.3 Å². The molecule has 6 nitrogen and oxygen atoms in total. The molecular weight excluding hydrogens is 292 g/mol. The van der Waals surface area contributed by atoms with Crippen molar-refractivity contribution in [3.05, 3.63) is 23.2 Å². The van der Waals surface area contributed by atoms with Crippen molar-refractivity contribution in [3.8, 4) is 0 Å². The minimum Gasteiger partial charge on any atom is -0.381 e. The Kier molecular flexibility index (Phi) is 4.10. The van der Waals surface area contributed by atoms with Gasteiger partial charge < -0.3 is 10.1 Å². The smallest absolute Gasteiger partial charge is 0.239 e. The van der Waals surface area contributed by atoms with Crippen LogP contribution in [0.2, 0.25) is 5.02 Å². The number of rotatable bonds is 3. The molecule has 1 aliphatic rings. The molecule has 0 spiro atoms. The summed E-state index contributed by atoms with van der Waals surface area (Å²) >= 11 is 5.82. The summed E-state index contributed by atoms with van der Waals surface area (Å²) in [6.45, 7) is 0.970. The largest absolute Gasteiger partial charge is 0.381 e. The number of primary sulfonamides is 1. The number of anilines is 1. The number of carbonyl (C=O) groups is 1. The van der Waals surface area contributed by atoms with Crippen LogP contribution in [0.5, 0.6) is 0 Å². The first kappa shape index (κ1) is 14.3. The predicted octanol–water partition coefficient (Wildman–Crippen LogP) is 0.962. The van der Waals surface area contributed by atoms with Crippen LogP contribution in [0.1, 0.15) is 6.42 Å². The predicted molar refractivity (Wildman–Crippen MR) is 70.4 cm³/mol. The van der Waals surface area contributed by atoms with Crippen molar-refractivity contribution < 1.29 is 17.9 Å². The lowest BCUT2D eigenvalue weighted by Gasteiger charge is -2.10. The summed E-state index contributed by atoms with van der Waals surface area (Å²) in [6, 6.07) is 4.06. The second-order valence-electron chi connectivity index (χ2n) is 4.24.